The molecular weight excluding hydrogens is 339 g/mol. The molecule has 1 aromatic carbocycles. The van der Waals surface area contributed by atoms with Crippen molar-refractivity contribution in [3.05, 3.63) is 45.0 Å². The van der Waals surface area contributed by atoms with Crippen LogP contribution < -0.4 is 10.6 Å². The smallest absolute Gasteiger partial charge is 0.251 e. The van der Waals surface area contributed by atoms with Crippen LogP contribution in [-0.2, 0) is 0 Å². The second-order valence-electron chi connectivity index (χ2n) is 4.33. The number of carbonyl (C=O) groups is 1. The Morgan fingerprint density at radius 1 is 1.33 bits per heavy atom. The van der Waals surface area contributed by atoms with E-state index < -0.39 is 0 Å². The van der Waals surface area contributed by atoms with Crippen LogP contribution in [0.3, 0.4) is 0 Å². The van der Waals surface area contributed by atoms with Gasteiger partial charge in [0.25, 0.3) is 5.91 Å². The number of amides is 1. The topological polar surface area (TPSA) is 41.1 Å². The molecule has 1 aliphatic rings. The van der Waals surface area contributed by atoms with Crippen molar-refractivity contribution in [1.29, 1.82) is 0 Å². The van der Waals surface area contributed by atoms with Crippen molar-refractivity contribution in [3.8, 4) is 0 Å². The van der Waals surface area contributed by atoms with Gasteiger partial charge in [-0.1, -0.05) is 11.6 Å². The molecule has 1 aromatic rings. The SMILES string of the molecule is O=C(NCCC1=CCNCC1)c1ccc(I)cc1. The van der Waals surface area contributed by atoms with E-state index in [1.54, 1.807) is 0 Å². The molecule has 0 radical (unpaired) electrons. The number of halogens is 1. The van der Waals surface area contributed by atoms with Crippen LogP contribution in [0.5, 0.6) is 0 Å². The zero-order valence-electron chi connectivity index (χ0n) is 10.2. The fraction of sp³-hybridized carbons (Fsp3) is 0.357. The molecule has 96 valence electrons. The molecule has 0 spiro atoms. The molecule has 0 saturated heterocycles. The second kappa shape index (κ2) is 6.89. The molecule has 0 atom stereocenters. The highest BCUT2D eigenvalue weighted by atomic mass is 127. The molecule has 1 amide bonds. The van der Waals surface area contributed by atoms with Gasteiger partial charge in [0.2, 0.25) is 0 Å². The zero-order valence-corrected chi connectivity index (χ0v) is 12.4. The summed E-state index contributed by atoms with van der Waals surface area (Å²) in [4.78, 5) is 11.9. The van der Waals surface area contributed by atoms with Gasteiger partial charge in [-0.25, -0.2) is 0 Å². The normalized spacial score (nSPS) is 15.1. The number of hydrogen-bond donors (Lipinski definition) is 2. The lowest BCUT2D eigenvalue weighted by Crippen LogP contribution is -2.26. The summed E-state index contributed by atoms with van der Waals surface area (Å²) in [7, 11) is 0. The van der Waals surface area contributed by atoms with Crippen molar-refractivity contribution in [3.63, 3.8) is 0 Å². The van der Waals surface area contributed by atoms with E-state index in [0.29, 0.717) is 0 Å². The molecule has 2 rings (SSSR count). The van der Waals surface area contributed by atoms with E-state index in [4.69, 9.17) is 0 Å². The van der Waals surface area contributed by atoms with Gasteiger partial charge in [-0.05, 0) is 66.2 Å². The Morgan fingerprint density at radius 2 is 2.11 bits per heavy atom. The first-order valence-corrected chi connectivity index (χ1v) is 7.26. The van der Waals surface area contributed by atoms with E-state index in [0.717, 1.165) is 41.6 Å². The largest absolute Gasteiger partial charge is 0.352 e. The maximum absolute atomic E-state index is 11.9. The molecule has 2 N–H and O–H groups in total. The third-order valence-corrected chi connectivity index (χ3v) is 3.72. The monoisotopic (exact) mass is 356 g/mol. The maximum Gasteiger partial charge on any atom is 0.251 e. The minimum atomic E-state index is 0.0148. The van der Waals surface area contributed by atoms with E-state index in [-0.39, 0.29) is 5.91 Å². The highest BCUT2D eigenvalue weighted by Crippen LogP contribution is 2.09. The van der Waals surface area contributed by atoms with Crippen molar-refractivity contribution in [2.75, 3.05) is 19.6 Å². The van der Waals surface area contributed by atoms with Gasteiger partial charge in [-0.2, -0.15) is 0 Å². The van der Waals surface area contributed by atoms with E-state index in [9.17, 15) is 4.79 Å². The highest BCUT2D eigenvalue weighted by molar-refractivity contribution is 14.1. The molecule has 3 nitrogen and oxygen atoms in total. The van der Waals surface area contributed by atoms with Gasteiger partial charge in [0, 0.05) is 22.2 Å². The summed E-state index contributed by atoms with van der Waals surface area (Å²) < 4.78 is 1.14. The van der Waals surface area contributed by atoms with Crippen LogP contribution in [0.1, 0.15) is 23.2 Å². The minimum Gasteiger partial charge on any atom is -0.352 e. The fourth-order valence-corrected chi connectivity index (χ4v) is 2.30. The predicted molar refractivity (Wildman–Crippen MR) is 81.7 cm³/mol. The first-order chi connectivity index (χ1) is 8.75. The van der Waals surface area contributed by atoms with E-state index >= 15 is 0 Å². The second-order valence-corrected chi connectivity index (χ2v) is 5.57. The molecule has 0 bridgehead atoms. The molecule has 4 heteroatoms. The van der Waals surface area contributed by atoms with Crippen LogP contribution in [0.25, 0.3) is 0 Å². The lowest BCUT2D eigenvalue weighted by Gasteiger charge is -2.14. The molecule has 18 heavy (non-hydrogen) atoms. The molecule has 1 aliphatic heterocycles. The maximum atomic E-state index is 11.9. The Morgan fingerprint density at radius 3 is 2.78 bits per heavy atom. The lowest BCUT2D eigenvalue weighted by molar-refractivity contribution is 0.0954. The van der Waals surface area contributed by atoms with Crippen molar-refractivity contribution in [1.82, 2.24) is 10.6 Å². The van der Waals surface area contributed by atoms with Crippen molar-refractivity contribution < 1.29 is 4.79 Å². The Kier molecular flexibility index (Phi) is 5.19. The molecule has 0 unspecified atom stereocenters. The summed E-state index contributed by atoms with van der Waals surface area (Å²) in [5.74, 6) is 0.0148. The first kappa shape index (κ1) is 13.5. The zero-order chi connectivity index (χ0) is 12.8. The summed E-state index contributed by atoms with van der Waals surface area (Å²) in [5.41, 5.74) is 2.17. The van der Waals surface area contributed by atoms with Crippen LogP contribution in [-0.4, -0.2) is 25.5 Å². The van der Waals surface area contributed by atoms with Gasteiger partial charge in [0.05, 0.1) is 0 Å². The van der Waals surface area contributed by atoms with Gasteiger partial charge < -0.3 is 10.6 Å². The standard InChI is InChI=1S/C14H17IN2O/c15-13-3-1-12(2-4-13)14(18)17-10-7-11-5-8-16-9-6-11/h1-5,16H,6-10H2,(H,17,18). The summed E-state index contributed by atoms with van der Waals surface area (Å²) in [6.45, 7) is 2.73. The van der Waals surface area contributed by atoms with Crippen LogP contribution in [0, 0.1) is 3.57 Å². The molecule has 0 fully saturated rings. The number of nitrogens with one attached hydrogen (secondary N) is 2. The average Bonchev–Trinajstić information content (AvgIpc) is 2.40. The number of hydrogen-bond acceptors (Lipinski definition) is 2. The van der Waals surface area contributed by atoms with Gasteiger partial charge in [0.15, 0.2) is 0 Å². The quantitative estimate of drug-likeness (QED) is 0.642. The highest BCUT2D eigenvalue weighted by Gasteiger charge is 2.06. The Labute approximate surface area is 121 Å². The van der Waals surface area contributed by atoms with Gasteiger partial charge in [-0.3, -0.25) is 4.79 Å². The summed E-state index contributed by atoms with van der Waals surface area (Å²) in [6, 6.07) is 7.62. The van der Waals surface area contributed by atoms with Gasteiger partial charge in [0.1, 0.15) is 0 Å². The third kappa shape index (κ3) is 4.10. The molecule has 1 heterocycles. The average molecular weight is 356 g/mol. The van der Waals surface area contributed by atoms with Gasteiger partial charge >= 0.3 is 0 Å². The van der Waals surface area contributed by atoms with E-state index in [2.05, 4.69) is 39.3 Å². The molecule has 0 aromatic heterocycles. The molecule has 0 saturated carbocycles. The third-order valence-electron chi connectivity index (χ3n) is 3.00. The number of carbonyl (C=O) groups excluding carboxylic acids is 1. The Balaban J connectivity index is 1.78. The Bertz CT molecular complexity index is 440. The van der Waals surface area contributed by atoms with Gasteiger partial charge in [-0.15, -0.1) is 0 Å². The lowest BCUT2D eigenvalue weighted by atomic mass is 10.1. The van der Waals surface area contributed by atoms with Crippen LogP contribution in [0.15, 0.2) is 35.9 Å². The van der Waals surface area contributed by atoms with Crippen molar-refractivity contribution in [2.24, 2.45) is 0 Å². The molecular formula is C14H17IN2O. The van der Waals surface area contributed by atoms with E-state index in [1.807, 2.05) is 24.3 Å². The van der Waals surface area contributed by atoms with Crippen LogP contribution >= 0.6 is 22.6 Å². The fourth-order valence-electron chi connectivity index (χ4n) is 1.94. The minimum absolute atomic E-state index is 0.0148. The van der Waals surface area contributed by atoms with Crippen LogP contribution in [0.4, 0.5) is 0 Å². The summed E-state index contributed by atoms with van der Waals surface area (Å²) in [6.07, 6.45) is 4.28. The van der Waals surface area contributed by atoms with Crippen LogP contribution in [0.2, 0.25) is 0 Å². The molecule has 0 aliphatic carbocycles. The summed E-state index contributed by atoms with van der Waals surface area (Å²) >= 11 is 2.23. The Hall–Kier alpha value is -0.880. The summed E-state index contributed by atoms with van der Waals surface area (Å²) in [5, 5.41) is 6.24. The van der Waals surface area contributed by atoms with Crippen molar-refractivity contribution >= 4 is 28.5 Å². The first-order valence-electron chi connectivity index (χ1n) is 6.18. The number of benzene rings is 1. The van der Waals surface area contributed by atoms with Crippen molar-refractivity contribution in [2.45, 2.75) is 12.8 Å². The van der Waals surface area contributed by atoms with E-state index in [1.165, 1.54) is 5.57 Å². The number of rotatable bonds is 4. The predicted octanol–water partition coefficient (Wildman–Crippen LogP) is 2.33.